The van der Waals surface area contributed by atoms with Crippen molar-refractivity contribution >= 4 is 12.1 Å². The maximum Gasteiger partial charge on any atom is 0.243 e. The highest BCUT2D eigenvalue weighted by Gasteiger charge is 2.43. The van der Waals surface area contributed by atoms with Gasteiger partial charge >= 0.3 is 0 Å². The fourth-order valence-electron chi connectivity index (χ4n) is 2.32. The van der Waals surface area contributed by atoms with E-state index >= 15 is 0 Å². The molecular formula is C16H16N2O2. The number of nitrogens with zero attached hydrogens (tertiary/aromatic N) is 1. The van der Waals surface area contributed by atoms with E-state index in [1.165, 1.54) is 11.8 Å². The van der Waals surface area contributed by atoms with E-state index in [0.29, 0.717) is 11.7 Å². The van der Waals surface area contributed by atoms with Crippen LogP contribution in [0, 0.1) is 12.8 Å². The molecule has 4 nitrogen and oxygen atoms in total. The fourth-order valence-corrected chi connectivity index (χ4v) is 2.32. The highest BCUT2D eigenvalue weighted by molar-refractivity contribution is 5.84. The Hall–Kier alpha value is -2.36. The normalized spacial score (nSPS) is 21.1. The Bertz CT molecular complexity index is 631. The zero-order valence-corrected chi connectivity index (χ0v) is 11.2. The van der Waals surface area contributed by atoms with Gasteiger partial charge in [0.1, 0.15) is 11.5 Å². The second kappa shape index (κ2) is 5.33. The van der Waals surface area contributed by atoms with Crippen molar-refractivity contribution in [2.45, 2.75) is 19.3 Å². The van der Waals surface area contributed by atoms with E-state index in [1.807, 2.05) is 37.3 Å². The Morgan fingerprint density at radius 2 is 2.10 bits per heavy atom. The van der Waals surface area contributed by atoms with Gasteiger partial charge < -0.3 is 4.42 Å². The third-order valence-corrected chi connectivity index (χ3v) is 3.48. The lowest BCUT2D eigenvalue weighted by molar-refractivity contribution is -0.122. The predicted octanol–water partition coefficient (Wildman–Crippen LogP) is 2.84. The molecule has 1 N–H and O–H groups in total. The van der Waals surface area contributed by atoms with Crippen molar-refractivity contribution < 1.29 is 9.21 Å². The van der Waals surface area contributed by atoms with Crippen LogP contribution in [0.2, 0.25) is 0 Å². The Kier molecular flexibility index (Phi) is 3.37. The monoisotopic (exact) mass is 268 g/mol. The molecule has 2 atom stereocenters. The molecule has 1 heterocycles. The first kappa shape index (κ1) is 12.7. The smallest absolute Gasteiger partial charge is 0.243 e. The molecule has 0 radical (unpaired) electrons. The van der Waals surface area contributed by atoms with Gasteiger partial charge in [0.05, 0.1) is 6.21 Å². The molecule has 0 spiro atoms. The van der Waals surface area contributed by atoms with E-state index in [9.17, 15) is 4.79 Å². The molecule has 4 heteroatoms. The molecule has 1 aromatic carbocycles. The summed E-state index contributed by atoms with van der Waals surface area (Å²) in [5, 5.41) is 3.93. The predicted molar refractivity (Wildman–Crippen MR) is 76.5 cm³/mol. The van der Waals surface area contributed by atoms with Gasteiger partial charge in [0.15, 0.2) is 0 Å². The largest absolute Gasteiger partial charge is 0.460 e. The van der Waals surface area contributed by atoms with Crippen molar-refractivity contribution in [1.82, 2.24) is 5.43 Å². The summed E-state index contributed by atoms with van der Waals surface area (Å²) in [6, 6.07) is 13.8. The summed E-state index contributed by atoms with van der Waals surface area (Å²) in [4.78, 5) is 11.9. The first-order valence-electron chi connectivity index (χ1n) is 6.68. The molecule has 1 fully saturated rings. The lowest BCUT2D eigenvalue weighted by Gasteiger charge is -1.99. The van der Waals surface area contributed by atoms with E-state index in [2.05, 4.69) is 22.7 Å². The molecule has 0 unspecified atom stereocenters. The standard InChI is InChI=1S/C16H16N2O2/c1-11-7-8-13(20-11)10-17-18-16(19)15-9-14(15)12-5-3-2-4-6-12/h2-8,10,14-15H,9H2,1H3,(H,18,19)/b17-10-/t14-,15-/m1/s1. The van der Waals surface area contributed by atoms with Crippen LogP contribution >= 0.6 is 0 Å². The third-order valence-electron chi connectivity index (χ3n) is 3.48. The molecule has 3 rings (SSSR count). The Morgan fingerprint density at radius 1 is 1.30 bits per heavy atom. The van der Waals surface area contributed by atoms with Crippen LogP contribution < -0.4 is 5.43 Å². The summed E-state index contributed by atoms with van der Waals surface area (Å²) in [6.07, 6.45) is 2.41. The van der Waals surface area contributed by atoms with Gasteiger partial charge in [-0.2, -0.15) is 5.10 Å². The van der Waals surface area contributed by atoms with Gasteiger partial charge in [0.25, 0.3) is 0 Å². The maximum atomic E-state index is 11.9. The van der Waals surface area contributed by atoms with Crippen LogP contribution in [0.25, 0.3) is 0 Å². The average Bonchev–Trinajstić information content (AvgIpc) is 3.17. The number of rotatable bonds is 4. The lowest BCUT2D eigenvalue weighted by Crippen LogP contribution is -2.20. The van der Waals surface area contributed by atoms with Gasteiger partial charge in [0, 0.05) is 5.92 Å². The number of benzene rings is 1. The van der Waals surface area contributed by atoms with Crippen molar-refractivity contribution in [3.8, 4) is 0 Å². The number of nitrogens with one attached hydrogen (secondary N) is 1. The van der Waals surface area contributed by atoms with Gasteiger partial charge in [-0.25, -0.2) is 5.43 Å². The van der Waals surface area contributed by atoms with Crippen molar-refractivity contribution in [2.24, 2.45) is 11.0 Å². The zero-order valence-electron chi connectivity index (χ0n) is 11.2. The van der Waals surface area contributed by atoms with Crippen LogP contribution in [-0.2, 0) is 4.79 Å². The second-order valence-corrected chi connectivity index (χ2v) is 5.04. The number of aryl methyl sites for hydroxylation is 1. The van der Waals surface area contributed by atoms with Crippen LogP contribution in [-0.4, -0.2) is 12.1 Å². The SMILES string of the molecule is Cc1ccc(/C=N\NC(=O)[C@@H]2C[C@@H]2c2ccccc2)o1. The molecule has 0 bridgehead atoms. The van der Waals surface area contributed by atoms with E-state index in [0.717, 1.165) is 12.2 Å². The van der Waals surface area contributed by atoms with Crippen molar-refractivity contribution in [3.05, 3.63) is 59.5 Å². The first-order chi connectivity index (χ1) is 9.74. The lowest BCUT2D eigenvalue weighted by atomic mass is 10.1. The summed E-state index contributed by atoms with van der Waals surface area (Å²) >= 11 is 0. The minimum absolute atomic E-state index is 0.0293. The molecule has 20 heavy (non-hydrogen) atoms. The van der Waals surface area contributed by atoms with Crippen molar-refractivity contribution in [1.29, 1.82) is 0 Å². The number of carbonyl (C=O) groups is 1. The van der Waals surface area contributed by atoms with Crippen LogP contribution in [0.4, 0.5) is 0 Å². The van der Waals surface area contributed by atoms with Crippen LogP contribution in [0.1, 0.15) is 29.4 Å². The van der Waals surface area contributed by atoms with Crippen molar-refractivity contribution in [2.75, 3.05) is 0 Å². The molecule has 0 aliphatic heterocycles. The number of amides is 1. The molecule has 1 saturated carbocycles. The zero-order chi connectivity index (χ0) is 13.9. The highest BCUT2D eigenvalue weighted by atomic mass is 16.3. The molecule has 1 aliphatic rings. The number of hydrazone groups is 1. The molecule has 1 aromatic heterocycles. The van der Waals surface area contributed by atoms with Gasteiger partial charge in [-0.05, 0) is 37.0 Å². The Balaban J connectivity index is 1.53. The molecule has 2 aromatic rings. The Morgan fingerprint density at radius 3 is 2.80 bits per heavy atom. The quantitative estimate of drug-likeness (QED) is 0.684. The fraction of sp³-hybridized carbons (Fsp3) is 0.250. The van der Waals surface area contributed by atoms with Crippen LogP contribution in [0.5, 0.6) is 0 Å². The van der Waals surface area contributed by atoms with E-state index in [4.69, 9.17) is 4.42 Å². The summed E-state index contributed by atoms with van der Waals surface area (Å²) < 4.78 is 5.33. The van der Waals surface area contributed by atoms with Crippen molar-refractivity contribution in [3.63, 3.8) is 0 Å². The minimum Gasteiger partial charge on any atom is -0.460 e. The Labute approximate surface area is 117 Å². The third kappa shape index (κ3) is 2.79. The molecular weight excluding hydrogens is 252 g/mol. The van der Waals surface area contributed by atoms with Gasteiger partial charge in [0.2, 0.25) is 5.91 Å². The number of hydrogen-bond acceptors (Lipinski definition) is 3. The minimum atomic E-state index is -0.0293. The molecule has 1 aliphatic carbocycles. The highest BCUT2D eigenvalue weighted by Crippen LogP contribution is 2.47. The average molecular weight is 268 g/mol. The molecule has 1 amide bonds. The van der Waals surface area contributed by atoms with E-state index < -0.39 is 0 Å². The first-order valence-corrected chi connectivity index (χ1v) is 6.68. The van der Waals surface area contributed by atoms with Gasteiger partial charge in [-0.15, -0.1) is 0 Å². The van der Waals surface area contributed by atoms with Gasteiger partial charge in [-0.3, -0.25) is 4.79 Å². The second-order valence-electron chi connectivity index (χ2n) is 5.04. The van der Waals surface area contributed by atoms with E-state index in [-0.39, 0.29) is 11.8 Å². The number of hydrogen-bond donors (Lipinski definition) is 1. The topological polar surface area (TPSA) is 54.6 Å². The number of carbonyl (C=O) groups excluding carboxylic acids is 1. The summed E-state index contributed by atoms with van der Waals surface area (Å²) in [5.74, 6) is 1.80. The number of furan rings is 1. The van der Waals surface area contributed by atoms with E-state index in [1.54, 1.807) is 0 Å². The van der Waals surface area contributed by atoms with Gasteiger partial charge in [-0.1, -0.05) is 30.3 Å². The maximum absolute atomic E-state index is 11.9. The summed E-state index contributed by atoms with van der Waals surface area (Å²) in [5.41, 5.74) is 3.79. The van der Waals surface area contributed by atoms with Crippen LogP contribution in [0.3, 0.4) is 0 Å². The summed E-state index contributed by atoms with van der Waals surface area (Å²) in [6.45, 7) is 1.87. The molecule has 102 valence electrons. The summed E-state index contributed by atoms with van der Waals surface area (Å²) in [7, 11) is 0. The molecule has 0 saturated heterocycles. The van der Waals surface area contributed by atoms with Crippen LogP contribution in [0.15, 0.2) is 52.0 Å².